The molecule has 1 saturated heterocycles. The van der Waals surface area contributed by atoms with Crippen molar-refractivity contribution in [2.75, 3.05) is 0 Å². The van der Waals surface area contributed by atoms with Gasteiger partial charge in [-0.25, -0.2) is 4.79 Å². The van der Waals surface area contributed by atoms with Gasteiger partial charge < -0.3 is 23.7 Å². The van der Waals surface area contributed by atoms with E-state index in [1.54, 1.807) is 6.07 Å². The standard InChI is InChI=1S/C19H22O6/c1-18(2)19(3,4)25-17(24-18)12-5-7-13(8-6-12)22-11-14-9-10-15(23-14)16(20)21/h5-10,17H,11H2,1-4H3,(H,20,21). The third kappa shape index (κ3) is 3.55. The first-order chi connectivity index (χ1) is 11.7. The van der Waals surface area contributed by atoms with Gasteiger partial charge in [-0.3, -0.25) is 0 Å². The molecule has 3 rings (SSSR count). The van der Waals surface area contributed by atoms with Crippen molar-refractivity contribution in [1.29, 1.82) is 0 Å². The van der Waals surface area contributed by atoms with Crippen molar-refractivity contribution in [3.05, 3.63) is 53.5 Å². The van der Waals surface area contributed by atoms with Crippen LogP contribution < -0.4 is 4.74 Å². The molecule has 134 valence electrons. The fraction of sp³-hybridized carbons (Fsp3) is 0.421. The largest absolute Gasteiger partial charge is 0.486 e. The van der Waals surface area contributed by atoms with Gasteiger partial charge in [0.05, 0.1) is 11.2 Å². The first-order valence-corrected chi connectivity index (χ1v) is 8.08. The van der Waals surface area contributed by atoms with E-state index >= 15 is 0 Å². The Morgan fingerprint density at radius 3 is 2.16 bits per heavy atom. The fourth-order valence-corrected chi connectivity index (χ4v) is 2.43. The number of carbonyl (C=O) groups is 1. The molecule has 0 atom stereocenters. The number of aromatic carboxylic acids is 1. The van der Waals surface area contributed by atoms with E-state index in [2.05, 4.69) is 0 Å². The second kappa shape index (κ2) is 6.20. The van der Waals surface area contributed by atoms with Gasteiger partial charge in [-0.15, -0.1) is 0 Å². The number of carboxylic acid groups (broad SMARTS) is 1. The Kier molecular flexibility index (Phi) is 4.34. The third-order valence-electron chi connectivity index (χ3n) is 4.66. The van der Waals surface area contributed by atoms with E-state index in [-0.39, 0.29) is 23.6 Å². The molecule has 0 bridgehead atoms. The zero-order chi connectivity index (χ0) is 18.2. The molecule has 2 aromatic rings. The summed E-state index contributed by atoms with van der Waals surface area (Å²) in [5.41, 5.74) is 0.152. The van der Waals surface area contributed by atoms with Gasteiger partial charge in [0.1, 0.15) is 18.1 Å². The zero-order valence-corrected chi connectivity index (χ0v) is 14.7. The van der Waals surface area contributed by atoms with Crippen LogP contribution in [0.3, 0.4) is 0 Å². The Balaban J connectivity index is 1.62. The lowest BCUT2D eigenvalue weighted by Crippen LogP contribution is -2.41. The highest BCUT2D eigenvalue weighted by molar-refractivity contribution is 5.84. The smallest absolute Gasteiger partial charge is 0.371 e. The lowest BCUT2D eigenvalue weighted by Gasteiger charge is -2.30. The van der Waals surface area contributed by atoms with Crippen molar-refractivity contribution in [2.24, 2.45) is 0 Å². The number of hydrogen-bond acceptors (Lipinski definition) is 5. The van der Waals surface area contributed by atoms with Crippen LogP contribution in [0.4, 0.5) is 0 Å². The van der Waals surface area contributed by atoms with Gasteiger partial charge in [0.2, 0.25) is 5.76 Å². The van der Waals surface area contributed by atoms with E-state index in [9.17, 15) is 4.79 Å². The highest BCUT2D eigenvalue weighted by Gasteiger charge is 2.49. The lowest BCUT2D eigenvalue weighted by molar-refractivity contribution is -0.0895. The Hall–Kier alpha value is -2.31. The number of benzene rings is 1. The van der Waals surface area contributed by atoms with E-state index in [1.165, 1.54) is 6.07 Å². The van der Waals surface area contributed by atoms with E-state index in [0.29, 0.717) is 11.5 Å². The third-order valence-corrected chi connectivity index (χ3v) is 4.66. The van der Waals surface area contributed by atoms with Crippen LogP contribution in [0, 0.1) is 0 Å². The van der Waals surface area contributed by atoms with Crippen molar-refractivity contribution < 1.29 is 28.5 Å². The van der Waals surface area contributed by atoms with Crippen LogP contribution in [-0.2, 0) is 16.1 Å². The Bertz CT molecular complexity index is 740. The number of carboxylic acids is 1. The highest BCUT2D eigenvalue weighted by Crippen LogP contribution is 2.44. The lowest BCUT2D eigenvalue weighted by atomic mass is 9.90. The summed E-state index contributed by atoms with van der Waals surface area (Å²) in [5.74, 6) is -0.103. The van der Waals surface area contributed by atoms with Crippen LogP contribution >= 0.6 is 0 Å². The molecule has 0 amide bonds. The molecular formula is C19H22O6. The van der Waals surface area contributed by atoms with Crippen LogP contribution in [0.15, 0.2) is 40.8 Å². The topological polar surface area (TPSA) is 78.1 Å². The van der Waals surface area contributed by atoms with Crippen molar-refractivity contribution in [2.45, 2.75) is 51.8 Å². The second-order valence-corrected chi connectivity index (χ2v) is 7.02. The molecule has 6 heteroatoms. The van der Waals surface area contributed by atoms with Gasteiger partial charge in [0, 0.05) is 5.56 Å². The summed E-state index contributed by atoms with van der Waals surface area (Å²) in [6, 6.07) is 10.4. The minimum atomic E-state index is -1.10. The number of ether oxygens (including phenoxy) is 3. The first-order valence-electron chi connectivity index (χ1n) is 8.08. The minimum absolute atomic E-state index is 0.102. The normalized spacial score (nSPS) is 19.0. The predicted octanol–water partition coefficient (Wildman–Crippen LogP) is 4.16. The molecule has 1 aliphatic rings. The summed E-state index contributed by atoms with van der Waals surface area (Å²) in [6.07, 6.45) is -0.415. The van der Waals surface area contributed by atoms with Crippen molar-refractivity contribution in [1.82, 2.24) is 0 Å². The maximum absolute atomic E-state index is 10.8. The van der Waals surface area contributed by atoms with Crippen LogP contribution in [0.25, 0.3) is 0 Å². The molecule has 0 spiro atoms. The first kappa shape index (κ1) is 17.5. The summed E-state index contributed by atoms with van der Waals surface area (Å²) in [7, 11) is 0. The average Bonchev–Trinajstić information content (AvgIpc) is 3.09. The Morgan fingerprint density at radius 1 is 1.04 bits per heavy atom. The van der Waals surface area contributed by atoms with Crippen LogP contribution in [0.2, 0.25) is 0 Å². The van der Waals surface area contributed by atoms with Crippen molar-refractivity contribution >= 4 is 5.97 Å². The average molecular weight is 346 g/mol. The zero-order valence-electron chi connectivity index (χ0n) is 14.7. The molecule has 0 aliphatic carbocycles. The summed E-state index contributed by atoms with van der Waals surface area (Å²) in [5, 5.41) is 8.83. The Morgan fingerprint density at radius 2 is 1.64 bits per heavy atom. The van der Waals surface area contributed by atoms with E-state index in [1.807, 2.05) is 52.0 Å². The van der Waals surface area contributed by atoms with Gasteiger partial charge in [-0.2, -0.15) is 0 Å². The summed E-state index contributed by atoms with van der Waals surface area (Å²) >= 11 is 0. The molecule has 0 radical (unpaired) electrons. The molecule has 1 aromatic carbocycles. The quantitative estimate of drug-likeness (QED) is 0.876. The maximum atomic E-state index is 10.8. The molecule has 25 heavy (non-hydrogen) atoms. The molecule has 1 fully saturated rings. The van der Waals surface area contributed by atoms with E-state index < -0.39 is 12.3 Å². The molecule has 0 saturated carbocycles. The van der Waals surface area contributed by atoms with E-state index in [0.717, 1.165) is 5.56 Å². The number of rotatable bonds is 5. The predicted molar refractivity (Wildman–Crippen MR) is 89.5 cm³/mol. The molecule has 0 unspecified atom stereocenters. The molecule has 2 heterocycles. The van der Waals surface area contributed by atoms with Gasteiger partial charge in [0.15, 0.2) is 6.29 Å². The SMILES string of the molecule is CC1(C)OC(c2ccc(OCc3ccc(C(=O)O)o3)cc2)OC1(C)C. The number of hydrogen-bond donors (Lipinski definition) is 1. The Labute approximate surface area is 146 Å². The van der Waals surface area contributed by atoms with E-state index in [4.69, 9.17) is 23.7 Å². The van der Waals surface area contributed by atoms with Crippen LogP contribution in [0.1, 0.15) is 55.9 Å². The minimum Gasteiger partial charge on any atom is -0.486 e. The van der Waals surface area contributed by atoms with Gasteiger partial charge in [-0.05, 0) is 52.0 Å². The van der Waals surface area contributed by atoms with Gasteiger partial charge in [-0.1, -0.05) is 12.1 Å². The van der Waals surface area contributed by atoms with Crippen LogP contribution in [0.5, 0.6) is 5.75 Å². The maximum Gasteiger partial charge on any atom is 0.371 e. The second-order valence-electron chi connectivity index (χ2n) is 7.02. The van der Waals surface area contributed by atoms with Crippen molar-refractivity contribution in [3.8, 4) is 5.75 Å². The molecule has 1 aliphatic heterocycles. The molecular weight excluding hydrogens is 324 g/mol. The molecule has 1 N–H and O–H groups in total. The van der Waals surface area contributed by atoms with Gasteiger partial charge >= 0.3 is 5.97 Å². The van der Waals surface area contributed by atoms with Crippen LogP contribution in [-0.4, -0.2) is 22.3 Å². The molecule has 6 nitrogen and oxygen atoms in total. The summed E-state index contributed by atoms with van der Waals surface area (Å²) in [6.45, 7) is 8.21. The fourth-order valence-electron chi connectivity index (χ4n) is 2.43. The monoisotopic (exact) mass is 346 g/mol. The van der Waals surface area contributed by atoms with Crippen molar-refractivity contribution in [3.63, 3.8) is 0 Å². The molecule has 1 aromatic heterocycles. The number of furan rings is 1. The van der Waals surface area contributed by atoms with Gasteiger partial charge in [0.25, 0.3) is 0 Å². The summed E-state index contributed by atoms with van der Waals surface area (Å²) < 4.78 is 22.8. The highest BCUT2D eigenvalue weighted by atomic mass is 16.7. The summed E-state index contributed by atoms with van der Waals surface area (Å²) in [4.78, 5) is 10.8.